The fourth-order valence-electron chi connectivity index (χ4n) is 3.57. The lowest BCUT2D eigenvalue weighted by atomic mass is 10.2. The van der Waals surface area contributed by atoms with E-state index in [0.717, 1.165) is 69.1 Å². The van der Waals surface area contributed by atoms with Gasteiger partial charge in [0.1, 0.15) is 5.82 Å². The van der Waals surface area contributed by atoms with Crippen molar-refractivity contribution in [3.8, 4) is 0 Å². The van der Waals surface area contributed by atoms with Crippen molar-refractivity contribution in [3.05, 3.63) is 23.3 Å². The predicted molar refractivity (Wildman–Crippen MR) is 140 cm³/mol. The first-order valence-corrected chi connectivity index (χ1v) is 12.4. The molecule has 0 saturated carbocycles. The van der Waals surface area contributed by atoms with Gasteiger partial charge in [-0.1, -0.05) is 25.6 Å². The zero-order valence-corrected chi connectivity index (χ0v) is 22.3. The molecule has 0 atom stereocenters. The van der Waals surface area contributed by atoms with Crippen LogP contribution in [0.3, 0.4) is 0 Å². The quantitative estimate of drug-likeness (QED) is 0.174. The number of anilines is 1. The van der Waals surface area contributed by atoms with Gasteiger partial charge in [-0.3, -0.25) is 4.99 Å². The molecule has 0 radical (unpaired) electrons. The molecule has 30 heavy (non-hydrogen) atoms. The minimum Gasteiger partial charge on any atom is -0.360 e. The Kier molecular flexibility index (Phi) is 10.7. The fraction of sp³-hybridized carbons (Fsp3) is 0.650. The molecule has 2 aromatic rings. The Balaban J connectivity index is 0.00000320. The van der Waals surface area contributed by atoms with Gasteiger partial charge in [0.25, 0.3) is 0 Å². The summed E-state index contributed by atoms with van der Waals surface area (Å²) in [6.45, 7) is 10.4. The maximum Gasteiger partial charge on any atom is 0.193 e. The molecule has 3 rings (SSSR count). The summed E-state index contributed by atoms with van der Waals surface area (Å²) in [5.41, 5.74) is 0. The molecular weight excluding hydrogens is 529 g/mol. The van der Waals surface area contributed by atoms with Crippen LogP contribution in [0.4, 0.5) is 5.00 Å². The van der Waals surface area contributed by atoms with E-state index in [1.165, 1.54) is 5.00 Å². The molecule has 1 saturated heterocycles. The standard InChI is InChI=1S/C20H33N7S2.HI/c1-16(2)15-27-17(23-24-20(27)28-4)7-5-9-22-19(21-3)26-12-10-25(11-13-26)18-8-6-14-29-18;/h6,8,14,16H,5,7,9-13,15H2,1-4H3,(H,21,22);1H. The SMILES string of the molecule is CN=C(NCCCc1nnc(SC)n1CC(C)C)N1CCN(c2cccs2)CC1.I. The number of nitrogens with zero attached hydrogens (tertiary/aromatic N) is 6. The van der Waals surface area contributed by atoms with Gasteiger partial charge in [-0.25, -0.2) is 0 Å². The molecule has 0 unspecified atom stereocenters. The number of aliphatic imine (C=N–C) groups is 1. The molecule has 10 heteroatoms. The van der Waals surface area contributed by atoms with Gasteiger partial charge >= 0.3 is 0 Å². The van der Waals surface area contributed by atoms with Crippen LogP contribution in [0.2, 0.25) is 0 Å². The Morgan fingerprint density at radius 2 is 2.03 bits per heavy atom. The molecule has 1 aliphatic heterocycles. The van der Waals surface area contributed by atoms with Crippen molar-refractivity contribution < 1.29 is 0 Å². The van der Waals surface area contributed by atoms with Crippen LogP contribution < -0.4 is 10.2 Å². The molecule has 0 spiro atoms. The summed E-state index contributed by atoms with van der Waals surface area (Å²) in [5, 5.41) is 16.8. The highest BCUT2D eigenvalue weighted by Crippen LogP contribution is 2.22. The molecule has 1 aliphatic rings. The van der Waals surface area contributed by atoms with Crippen molar-refractivity contribution in [2.45, 2.75) is 38.4 Å². The van der Waals surface area contributed by atoms with E-state index in [1.807, 2.05) is 18.4 Å². The average molecular weight is 564 g/mol. The Morgan fingerprint density at radius 3 is 2.63 bits per heavy atom. The van der Waals surface area contributed by atoms with Gasteiger partial charge in [-0.2, -0.15) is 0 Å². The van der Waals surface area contributed by atoms with E-state index in [0.29, 0.717) is 5.92 Å². The summed E-state index contributed by atoms with van der Waals surface area (Å²) in [5.74, 6) is 2.68. The van der Waals surface area contributed by atoms with E-state index in [4.69, 9.17) is 0 Å². The van der Waals surface area contributed by atoms with Crippen LogP contribution in [0.25, 0.3) is 0 Å². The van der Waals surface area contributed by atoms with Crippen molar-refractivity contribution >= 4 is 58.0 Å². The predicted octanol–water partition coefficient (Wildman–Crippen LogP) is 3.67. The van der Waals surface area contributed by atoms with Gasteiger partial charge in [0.05, 0.1) is 5.00 Å². The van der Waals surface area contributed by atoms with Crippen LogP contribution in [0.5, 0.6) is 0 Å². The number of thioether (sulfide) groups is 1. The topological polar surface area (TPSA) is 61.6 Å². The van der Waals surface area contributed by atoms with E-state index >= 15 is 0 Å². The average Bonchev–Trinajstić information content (AvgIpc) is 3.38. The van der Waals surface area contributed by atoms with Gasteiger partial charge < -0.3 is 19.7 Å². The lowest BCUT2D eigenvalue weighted by Crippen LogP contribution is -2.52. The third kappa shape index (κ3) is 6.74. The number of halogens is 1. The van der Waals surface area contributed by atoms with E-state index in [2.05, 4.69) is 72.5 Å². The monoisotopic (exact) mass is 563 g/mol. The third-order valence-electron chi connectivity index (χ3n) is 4.99. The zero-order chi connectivity index (χ0) is 20.6. The smallest absolute Gasteiger partial charge is 0.193 e. The van der Waals surface area contributed by atoms with Crippen molar-refractivity contribution in [3.63, 3.8) is 0 Å². The minimum absolute atomic E-state index is 0. The Hall–Kier alpha value is -1.01. The van der Waals surface area contributed by atoms with Crippen LogP contribution in [0, 0.1) is 5.92 Å². The molecule has 0 bridgehead atoms. The van der Waals surface area contributed by atoms with E-state index < -0.39 is 0 Å². The van der Waals surface area contributed by atoms with Crippen molar-refractivity contribution in [2.24, 2.45) is 10.9 Å². The molecule has 7 nitrogen and oxygen atoms in total. The van der Waals surface area contributed by atoms with Crippen molar-refractivity contribution in [1.29, 1.82) is 0 Å². The third-order valence-corrected chi connectivity index (χ3v) is 6.59. The van der Waals surface area contributed by atoms with Gasteiger partial charge in [0.15, 0.2) is 11.1 Å². The lowest BCUT2D eigenvalue weighted by molar-refractivity contribution is 0.373. The number of rotatable bonds is 8. The highest BCUT2D eigenvalue weighted by atomic mass is 127. The number of thiophene rings is 1. The zero-order valence-electron chi connectivity index (χ0n) is 18.4. The molecule has 2 aromatic heterocycles. The maximum atomic E-state index is 4.50. The Labute approximate surface area is 205 Å². The van der Waals surface area contributed by atoms with Crippen LogP contribution in [0.15, 0.2) is 27.7 Å². The fourth-order valence-corrected chi connectivity index (χ4v) is 4.88. The molecule has 0 amide bonds. The molecule has 0 aliphatic carbocycles. The van der Waals surface area contributed by atoms with Crippen LogP contribution >= 0.6 is 47.1 Å². The van der Waals surface area contributed by atoms with Crippen molar-refractivity contribution in [1.82, 2.24) is 25.0 Å². The second-order valence-electron chi connectivity index (χ2n) is 7.61. The number of aromatic nitrogens is 3. The second kappa shape index (κ2) is 12.7. The van der Waals surface area contributed by atoms with Gasteiger partial charge in [0, 0.05) is 52.7 Å². The van der Waals surface area contributed by atoms with Gasteiger partial charge in [-0.05, 0) is 36.1 Å². The van der Waals surface area contributed by atoms with Gasteiger partial charge in [-0.15, -0.1) is 45.5 Å². The van der Waals surface area contributed by atoms with E-state index in [1.54, 1.807) is 11.8 Å². The van der Waals surface area contributed by atoms with Gasteiger partial charge in [0.2, 0.25) is 0 Å². The number of piperazine rings is 1. The van der Waals surface area contributed by atoms with Crippen molar-refractivity contribution in [2.75, 3.05) is 50.9 Å². The first-order valence-electron chi connectivity index (χ1n) is 10.3. The molecule has 168 valence electrons. The van der Waals surface area contributed by atoms with Crippen LogP contribution in [0.1, 0.15) is 26.1 Å². The number of guanidine groups is 1. The minimum atomic E-state index is 0. The second-order valence-corrected chi connectivity index (χ2v) is 9.31. The first kappa shape index (κ1) is 25.3. The summed E-state index contributed by atoms with van der Waals surface area (Å²) in [6, 6.07) is 4.32. The number of aryl methyl sites for hydroxylation is 1. The van der Waals surface area contributed by atoms with Crippen LogP contribution in [-0.2, 0) is 13.0 Å². The largest absolute Gasteiger partial charge is 0.360 e. The molecule has 1 fully saturated rings. The summed E-state index contributed by atoms with van der Waals surface area (Å²) < 4.78 is 2.27. The molecular formula is C20H34IN7S2. The first-order chi connectivity index (χ1) is 14.1. The molecule has 0 aromatic carbocycles. The summed E-state index contributed by atoms with van der Waals surface area (Å²) in [6.07, 6.45) is 4.00. The molecule has 3 heterocycles. The molecule has 1 N–H and O–H groups in total. The van der Waals surface area contributed by atoms with Crippen LogP contribution in [-0.4, -0.2) is 71.7 Å². The van der Waals surface area contributed by atoms with E-state index in [9.17, 15) is 0 Å². The highest BCUT2D eigenvalue weighted by molar-refractivity contribution is 14.0. The number of hydrogen-bond acceptors (Lipinski definition) is 6. The van der Waals surface area contributed by atoms with E-state index in [-0.39, 0.29) is 24.0 Å². The highest BCUT2D eigenvalue weighted by Gasteiger charge is 2.20. The number of nitrogens with one attached hydrogen (secondary N) is 1. The Morgan fingerprint density at radius 1 is 1.27 bits per heavy atom. The number of hydrogen-bond donors (Lipinski definition) is 1. The lowest BCUT2D eigenvalue weighted by Gasteiger charge is -2.37. The Bertz CT molecular complexity index is 768. The summed E-state index contributed by atoms with van der Waals surface area (Å²) >= 11 is 3.48. The summed E-state index contributed by atoms with van der Waals surface area (Å²) in [7, 11) is 1.87. The summed E-state index contributed by atoms with van der Waals surface area (Å²) in [4.78, 5) is 9.31. The normalized spacial score (nSPS) is 14.9. The maximum absolute atomic E-state index is 4.50.